The number of carbonyl (C=O) groups excluding carboxylic acids is 2. The normalized spacial score (nSPS) is 14.9. The number of nitrogens with one attached hydrogen (secondary N) is 3. The van der Waals surface area contributed by atoms with Gasteiger partial charge in [-0.1, -0.05) is 65.0 Å². The lowest BCUT2D eigenvalue weighted by Gasteiger charge is -2.33. The first-order chi connectivity index (χ1) is 13.5. The quantitative estimate of drug-likeness (QED) is 0.408. The highest BCUT2D eigenvalue weighted by Crippen LogP contribution is 2.20. The van der Waals surface area contributed by atoms with Crippen LogP contribution in [-0.4, -0.2) is 54.1 Å². The zero-order chi connectivity index (χ0) is 22.0. The van der Waals surface area contributed by atoms with Gasteiger partial charge in [0.2, 0.25) is 11.8 Å². The van der Waals surface area contributed by atoms with Crippen molar-refractivity contribution in [2.24, 2.45) is 11.3 Å². The summed E-state index contributed by atoms with van der Waals surface area (Å²) in [6.45, 7) is 10.9. The summed E-state index contributed by atoms with van der Waals surface area (Å²) >= 11 is 5.61. The van der Waals surface area contributed by atoms with Crippen molar-refractivity contribution in [3.63, 3.8) is 0 Å². The summed E-state index contributed by atoms with van der Waals surface area (Å²) in [7, 11) is 0. The third kappa shape index (κ3) is 9.61. The predicted octanol–water partition coefficient (Wildman–Crippen LogP) is 2.09. The molecule has 29 heavy (non-hydrogen) atoms. The summed E-state index contributed by atoms with van der Waals surface area (Å²) in [4.78, 5) is 24.8. The molecular formula is C22H36ClN3O3. The third-order valence-corrected chi connectivity index (χ3v) is 4.79. The van der Waals surface area contributed by atoms with Crippen LogP contribution in [0.3, 0.4) is 0 Å². The summed E-state index contributed by atoms with van der Waals surface area (Å²) in [5, 5.41) is 19.6. The molecule has 0 fully saturated rings. The minimum atomic E-state index is -0.776. The molecule has 1 aromatic carbocycles. The van der Waals surface area contributed by atoms with Gasteiger partial charge in [0.25, 0.3) is 0 Å². The van der Waals surface area contributed by atoms with Crippen LogP contribution in [0.25, 0.3) is 0 Å². The van der Waals surface area contributed by atoms with E-state index in [2.05, 4.69) is 29.8 Å². The van der Waals surface area contributed by atoms with Gasteiger partial charge in [-0.3, -0.25) is 9.59 Å². The first-order valence-corrected chi connectivity index (χ1v) is 10.7. The van der Waals surface area contributed by atoms with E-state index in [1.165, 1.54) is 0 Å². The second-order valence-corrected chi connectivity index (χ2v) is 9.19. The standard InChI is InChI=1S/C22H36ClN3O3/c1-15(2)13-24-14-18(27)17(11-16-9-7-6-8-10-16)25-21(29)20(22(3,4)5)26-19(28)12-23/h6-10,15,17-18,20,24,27H,11-14H2,1-5H3,(H,25,29)(H,26,28)/t17?,18?,20-/m1/s1. The van der Waals surface area contributed by atoms with Gasteiger partial charge >= 0.3 is 0 Å². The van der Waals surface area contributed by atoms with E-state index in [-0.39, 0.29) is 11.8 Å². The zero-order valence-corrected chi connectivity index (χ0v) is 18.9. The van der Waals surface area contributed by atoms with E-state index in [4.69, 9.17) is 11.6 Å². The lowest BCUT2D eigenvalue weighted by atomic mass is 9.85. The molecule has 2 unspecified atom stereocenters. The Hall–Kier alpha value is -1.63. The molecule has 0 aromatic heterocycles. The van der Waals surface area contributed by atoms with E-state index < -0.39 is 29.5 Å². The van der Waals surface area contributed by atoms with Crippen molar-refractivity contribution in [1.82, 2.24) is 16.0 Å². The number of carbonyl (C=O) groups is 2. The highest BCUT2D eigenvalue weighted by atomic mass is 35.5. The first kappa shape index (κ1) is 25.4. The van der Waals surface area contributed by atoms with E-state index in [0.717, 1.165) is 12.1 Å². The molecule has 1 aromatic rings. The molecule has 3 atom stereocenters. The highest BCUT2D eigenvalue weighted by molar-refractivity contribution is 6.27. The number of aliphatic hydroxyl groups is 1. The Balaban J connectivity index is 2.94. The molecule has 0 aliphatic carbocycles. The number of hydrogen-bond acceptors (Lipinski definition) is 4. The molecule has 0 saturated heterocycles. The van der Waals surface area contributed by atoms with Gasteiger partial charge in [0.05, 0.1) is 12.1 Å². The molecule has 0 aliphatic rings. The molecule has 0 heterocycles. The van der Waals surface area contributed by atoms with E-state index in [0.29, 0.717) is 18.9 Å². The summed E-state index contributed by atoms with van der Waals surface area (Å²) < 4.78 is 0. The van der Waals surface area contributed by atoms with Gasteiger partial charge in [-0.05, 0) is 29.9 Å². The molecule has 0 bridgehead atoms. The number of rotatable bonds is 11. The average molecular weight is 426 g/mol. The highest BCUT2D eigenvalue weighted by Gasteiger charge is 2.34. The second-order valence-electron chi connectivity index (χ2n) is 8.92. The first-order valence-electron chi connectivity index (χ1n) is 10.1. The Morgan fingerprint density at radius 2 is 1.69 bits per heavy atom. The maximum Gasteiger partial charge on any atom is 0.243 e. The third-order valence-electron chi connectivity index (χ3n) is 4.55. The van der Waals surface area contributed by atoms with Crippen LogP contribution in [0.15, 0.2) is 30.3 Å². The topological polar surface area (TPSA) is 90.5 Å². The van der Waals surface area contributed by atoms with Crippen LogP contribution in [0.5, 0.6) is 0 Å². The van der Waals surface area contributed by atoms with Crippen LogP contribution in [0, 0.1) is 11.3 Å². The van der Waals surface area contributed by atoms with Gasteiger partial charge in [-0.25, -0.2) is 0 Å². The SMILES string of the molecule is CC(C)CNCC(O)C(Cc1ccccc1)NC(=O)[C@@H](NC(=O)CCl)C(C)(C)C. The van der Waals surface area contributed by atoms with Gasteiger partial charge in [0, 0.05) is 6.54 Å². The largest absolute Gasteiger partial charge is 0.390 e. The molecule has 6 nitrogen and oxygen atoms in total. The minimum absolute atomic E-state index is 0.213. The molecule has 0 aliphatic heterocycles. The Kier molecular flexibility index (Phi) is 10.6. The van der Waals surface area contributed by atoms with Crippen LogP contribution in [0.2, 0.25) is 0 Å². The summed E-state index contributed by atoms with van der Waals surface area (Å²) in [6, 6.07) is 8.44. The Morgan fingerprint density at radius 3 is 2.21 bits per heavy atom. The van der Waals surface area contributed by atoms with Crippen LogP contribution < -0.4 is 16.0 Å². The van der Waals surface area contributed by atoms with Crippen LogP contribution in [0.1, 0.15) is 40.2 Å². The Labute approximate surface area is 179 Å². The molecule has 2 amide bonds. The Bertz CT molecular complexity index is 632. The number of hydrogen-bond donors (Lipinski definition) is 4. The fourth-order valence-electron chi connectivity index (χ4n) is 2.95. The monoisotopic (exact) mass is 425 g/mol. The lowest BCUT2D eigenvalue weighted by molar-refractivity contribution is -0.131. The second kappa shape index (κ2) is 12.2. The van der Waals surface area contributed by atoms with Crippen LogP contribution >= 0.6 is 11.6 Å². The summed E-state index contributed by atoms with van der Waals surface area (Å²) in [5.74, 6) is -0.490. The fourth-order valence-corrected chi connectivity index (χ4v) is 3.03. The molecule has 164 valence electrons. The molecule has 4 N–H and O–H groups in total. The number of amides is 2. The minimum Gasteiger partial charge on any atom is -0.390 e. The molecule has 1 rings (SSSR count). The van der Waals surface area contributed by atoms with Gasteiger partial charge in [-0.2, -0.15) is 0 Å². The van der Waals surface area contributed by atoms with Gasteiger partial charge in [0.1, 0.15) is 11.9 Å². The van der Waals surface area contributed by atoms with Crippen LogP contribution in [0.4, 0.5) is 0 Å². The summed E-state index contributed by atoms with van der Waals surface area (Å²) in [5.41, 5.74) is 0.502. The maximum absolute atomic E-state index is 13.0. The molecule has 7 heteroatoms. The van der Waals surface area contributed by atoms with E-state index in [1.54, 1.807) is 0 Å². The van der Waals surface area contributed by atoms with Crippen molar-refractivity contribution in [2.75, 3.05) is 19.0 Å². The molecule has 0 spiro atoms. The molecule has 0 saturated carbocycles. The molecular weight excluding hydrogens is 390 g/mol. The average Bonchev–Trinajstić information content (AvgIpc) is 2.64. The van der Waals surface area contributed by atoms with E-state index in [9.17, 15) is 14.7 Å². The Morgan fingerprint density at radius 1 is 1.07 bits per heavy atom. The van der Waals surface area contributed by atoms with Gasteiger partial charge in [-0.15, -0.1) is 11.6 Å². The van der Waals surface area contributed by atoms with Crippen molar-refractivity contribution in [2.45, 2.75) is 59.2 Å². The van der Waals surface area contributed by atoms with Gasteiger partial charge in [0.15, 0.2) is 0 Å². The number of aliphatic hydroxyl groups excluding tert-OH is 1. The smallest absolute Gasteiger partial charge is 0.243 e. The molecule has 0 radical (unpaired) electrons. The van der Waals surface area contributed by atoms with Crippen molar-refractivity contribution >= 4 is 23.4 Å². The fraction of sp³-hybridized carbons (Fsp3) is 0.636. The number of benzene rings is 1. The summed E-state index contributed by atoms with van der Waals surface area (Å²) in [6.07, 6.45) is -0.292. The van der Waals surface area contributed by atoms with Crippen molar-refractivity contribution in [3.8, 4) is 0 Å². The van der Waals surface area contributed by atoms with Crippen molar-refractivity contribution < 1.29 is 14.7 Å². The van der Waals surface area contributed by atoms with Crippen LogP contribution in [-0.2, 0) is 16.0 Å². The van der Waals surface area contributed by atoms with Crippen molar-refractivity contribution in [3.05, 3.63) is 35.9 Å². The van der Waals surface area contributed by atoms with E-state index in [1.807, 2.05) is 51.1 Å². The number of halogens is 1. The number of alkyl halides is 1. The predicted molar refractivity (Wildman–Crippen MR) is 118 cm³/mol. The lowest BCUT2D eigenvalue weighted by Crippen LogP contribution is -2.58. The van der Waals surface area contributed by atoms with Crippen molar-refractivity contribution in [1.29, 1.82) is 0 Å². The van der Waals surface area contributed by atoms with Gasteiger partial charge < -0.3 is 21.1 Å². The zero-order valence-electron chi connectivity index (χ0n) is 18.2. The maximum atomic E-state index is 13.0. The van der Waals surface area contributed by atoms with E-state index >= 15 is 0 Å².